The van der Waals surface area contributed by atoms with Crippen molar-refractivity contribution in [2.75, 3.05) is 25.5 Å². The molecule has 23 heavy (non-hydrogen) atoms. The van der Waals surface area contributed by atoms with Crippen LogP contribution in [0.5, 0.6) is 0 Å². The molecule has 0 aliphatic heterocycles. The molecule has 1 heterocycles. The normalized spacial score (nSPS) is 10.8. The van der Waals surface area contributed by atoms with Crippen LogP contribution < -0.4 is 4.90 Å². The predicted molar refractivity (Wildman–Crippen MR) is 94.9 cm³/mol. The SMILES string of the molecule is CN(CC(=O)N(C)c1ccc([N+](=O)[O-])cc1)Cc1cc(Br)cs1. The van der Waals surface area contributed by atoms with Crippen molar-refractivity contribution in [3.8, 4) is 0 Å². The number of nitrogens with zero attached hydrogens (tertiary/aromatic N) is 3. The van der Waals surface area contributed by atoms with Gasteiger partial charge in [0.15, 0.2) is 0 Å². The highest BCUT2D eigenvalue weighted by Crippen LogP contribution is 2.21. The number of likely N-dealkylation sites (N-methyl/N-ethyl adjacent to an activating group) is 2. The Morgan fingerprint density at radius 2 is 1.96 bits per heavy atom. The van der Waals surface area contributed by atoms with Gasteiger partial charge < -0.3 is 4.90 Å². The minimum absolute atomic E-state index is 0.00925. The largest absolute Gasteiger partial charge is 0.314 e. The molecule has 0 atom stereocenters. The Hall–Kier alpha value is -1.77. The number of nitro groups is 1. The summed E-state index contributed by atoms with van der Waals surface area (Å²) >= 11 is 5.05. The lowest BCUT2D eigenvalue weighted by Gasteiger charge is -2.21. The summed E-state index contributed by atoms with van der Waals surface area (Å²) in [7, 11) is 3.55. The highest BCUT2D eigenvalue weighted by Gasteiger charge is 2.15. The van der Waals surface area contributed by atoms with Crippen molar-refractivity contribution in [3.05, 3.63) is 55.2 Å². The summed E-state index contributed by atoms with van der Waals surface area (Å²) in [6.45, 7) is 0.957. The van der Waals surface area contributed by atoms with E-state index in [9.17, 15) is 14.9 Å². The van der Waals surface area contributed by atoms with Crippen LogP contribution in [-0.2, 0) is 11.3 Å². The molecule has 0 aliphatic rings. The highest BCUT2D eigenvalue weighted by molar-refractivity contribution is 9.10. The summed E-state index contributed by atoms with van der Waals surface area (Å²) in [6.07, 6.45) is 0. The average molecular weight is 398 g/mol. The van der Waals surface area contributed by atoms with E-state index in [0.717, 1.165) is 4.47 Å². The van der Waals surface area contributed by atoms with Crippen molar-refractivity contribution < 1.29 is 9.72 Å². The molecule has 0 radical (unpaired) electrons. The van der Waals surface area contributed by atoms with Crippen molar-refractivity contribution in [2.45, 2.75) is 6.54 Å². The monoisotopic (exact) mass is 397 g/mol. The van der Waals surface area contributed by atoms with Gasteiger partial charge in [0.2, 0.25) is 5.91 Å². The highest BCUT2D eigenvalue weighted by atomic mass is 79.9. The minimum atomic E-state index is -0.460. The molecule has 0 saturated heterocycles. The average Bonchev–Trinajstić information content (AvgIpc) is 2.91. The first-order valence-electron chi connectivity index (χ1n) is 6.79. The van der Waals surface area contributed by atoms with Crippen LogP contribution in [0.25, 0.3) is 0 Å². The summed E-state index contributed by atoms with van der Waals surface area (Å²) in [4.78, 5) is 27.1. The van der Waals surface area contributed by atoms with Gasteiger partial charge in [-0.1, -0.05) is 0 Å². The Labute approximate surface area is 146 Å². The maximum absolute atomic E-state index is 12.3. The molecule has 1 amide bonds. The zero-order valence-corrected chi connectivity index (χ0v) is 15.1. The molecule has 1 aromatic carbocycles. The molecule has 1 aromatic heterocycles. The van der Waals surface area contributed by atoms with Gasteiger partial charge in [-0.05, 0) is 41.2 Å². The first kappa shape index (κ1) is 17.6. The Bertz CT molecular complexity index is 702. The van der Waals surface area contributed by atoms with Gasteiger partial charge in [0.1, 0.15) is 0 Å². The number of halogens is 1. The summed E-state index contributed by atoms with van der Waals surface area (Å²) in [6, 6.07) is 7.97. The van der Waals surface area contributed by atoms with E-state index in [1.165, 1.54) is 21.9 Å². The van der Waals surface area contributed by atoms with Crippen LogP contribution in [0.2, 0.25) is 0 Å². The van der Waals surface area contributed by atoms with Crippen LogP contribution >= 0.6 is 27.3 Å². The maximum Gasteiger partial charge on any atom is 0.269 e. The molecule has 2 rings (SSSR count). The van der Waals surface area contributed by atoms with Gasteiger partial charge in [-0.2, -0.15) is 0 Å². The Balaban J connectivity index is 1.94. The van der Waals surface area contributed by atoms with Crippen LogP contribution in [0.1, 0.15) is 4.88 Å². The summed E-state index contributed by atoms with van der Waals surface area (Å²) in [5, 5.41) is 12.7. The third-order valence-electron chi connectivity index (χ3n) is 3.27. The third-order valence-corrected chi connectivity index (χ3v) is 4.96. The maximum atomic E-state index is 12.3. The summed E-state index contributed by atoms with van der Waals surface area (Å²) in [5.41, 5.74) is 0.642. The number of amides is 1. The predicted octanol–water partition coefficient (Wildman–Crippen LogP) is 3.51. The number of carbonyl (C=O) groups is 1. The van der Waals surface area contributed by atoms with Crippen molar-refractivity contribution in [3.63, 3.8) is 0 Å². The molecule has 6 nitrogen and oxygen atoms in total. The van der Waals surface area contributed by atoms with Crippen LogP contribution in [0, 0.1) is 10.1 Å². The standard InChI is InChI=1S/C15H16BrN3O3S/c1-17(8-14-7-11(16)10-23-14)9-15(20)18(2)12-3-5-13(6-4-12)19(21)22/h3-7,10H,8-9H2,1-2H3. The second kappa shape index (κ2) is 7.67. The fourth-order valence-electron chi connectivity index (χ4n) is 2.04. The van der Waals surface area contributed by atoms with E-state index in [1.807, 2.05) is 23.4 Å². The van der Waals surface area contributed by atoms with Crippen molar-refractivity contribution >= 4 is 44.5 Å². The summed E-state index contributed by atoms with van der Waals surface area (Å²) < 4.78 is 1.04. The first-order valence-corrected chi connectivity index (χ1v) is 8.46. The second-order valence-electron chi connectivity index (χ2n) is 5.13. The number of thiophene rings is 1. The number of benzene rings is 1. The summed E-state index contributed by atoms with van der Waals surface area (Å²) in [5.74, 6) is -0.0722. The fourth-order valence-corrected chi connectivity index (χ4v) is 3.57. The molecule has 122 valence electrons. The molecular weight excluding hydrogens is 382 g/mol. The lowest BCUT2D eigenvalue weighted by molar-refractivity contribution is -0.384. The lowest BCUT2D eigenvalue weighted by atomic mass is 10.2. The number of carbonyl (C=O) groups excluding carboxylic acids is 1. The van der Waals surface area contributed by atoms with E-state index < -0.39 is 4.92 Å². The van der Waals surface area contributed by atoms with Crippen LogP contribution in [0.3, 0.4) is 0 Å². The van der Waals surface area contributed by atoms with Gasteiger partial charge in [-0.15, -0.1) is 11.3 Å². The number of hydrogen-bond donors (Lipinski definition) is 0. The van der Waals surface area contributed by atoms with Gasteiger partial charge in [-0.3, -0.25) is 19.8 Å². The molecule has 0 aliphatic carbocycles. The van der Waals surface area contributed by atoms with Gasteiger partial charge in [-0.25, -0.2) is 0 Å². The minimum Gasteiger partial charge on any atom is -0.314 e. The first-order chi connectivity index (χ1) is 10.9. The topological polar surface area (TPSA) is 66.7 Å². The molecule has 0 saturated carbocycles. The smallest absolute Gasteiger partial charge is 0.269 e. The zero-order valence-electron chi connectivity index (χ0n) is 12.7. The van der Waals surface area contributed by atoms with Crippen LogP contribution in [0.4, 0.5) is 11.4 Å². The quantitative estimate of drug-likeness (QED) is 0.552. The molecule has 0 bridgehead atoms. The molecule has 0 unspecified atom stereocenters. The molecule has 0 spiro atoms. The number of rotatable bonds is 6. The fraction of sp³-hybridized carbons (Fsp3) is 0.267. The number of anilines is 1. The van der Waals surface area contributed by atoms with Gasteiger partial charge in [0.05, 0.1) is 11.5 Å². The third kappa shape index (κ3) is 4.85. The Morgan fingerprint density at radius 3 is 2.48 bits per heavy atom. The molecule has 0 N–H and O–H groups in total. The van der Waals surface area contributed by atoms with Crippen molar-refractivity contribution in [1.29, 1.82) is 0 Å². The molecular formula is C15H16BrN3O3S. The molecule has 8 heteroatoms. The number of nitro benzene ring substituents is 1. The number of non-ortho nitro benzene ring substituents is 1. The van der Waals surface area contributed by atoms with E-state index in [-0.39, 0.29) is 18.1 Å². The second-order valence-corrected chi connectivity index (χ2v) is 7.04. The lowest BCUT2D eigenvalue weighted by Crippen LogP contribution is -2.36. The van der Waals surface area contributed by atoms with Crippen LogP contribution in [-0.4, -0.2) is 36.4 Å². The van der Waals surface area contributed by atoms with Gasteiger partial charge in [0, 0.05) is 46.1 Å². The molecule has 2 aromatic rings. The van der Waals surface area contributed by atoms with E-state index in [1.54, 1.807) is 30.5 Å². The Kier molecular flexibility index (Phi) is 5.86. The van der Waals surface area contributed by atoms with E-state index >= 15 is 0 Å². The Morgan fingerprint density at radius 1 is 1.30 bits per heavy atom. The van der Waals surface area contributed by atoms with E-state index in [2.05, 4.69) is 15.9 Å². The van der Waals surface area contributed by atoms with E-state index in [4.69, 9.17) is 0 Å². The van der Waals surface area contributed by atoms with Crippen molar-refractivity contribution in [1.82, 2.24) is 4.90 Å². The van der Waals surface area contributed by atoms with Crippen molar-refractivity contribution in [2.24, 2.45) is 0 Å². The van der Waals surface area contributed by atoms with Crippen LogP contribution in [0.15, 0.2) is 40.2 Å². The van der Waals surface area contributed by atoms with Gasteiger partial charge >= 0.3 is 0 Å². The van der Waals surface area contributed by atoms with E-state index in [0.29, 0.717) is 12.2 Å². The number of hydrogen-bond acceptors (Lipinski definition) is 5. The molecule has 0 fully saturated rings. The zero-order chi connectivity index (χ0) is 17.0. The van der Waals surface area contributed by atoms with Gasteiger partial charge in [0.25, 0.3) is 5.69 Å².